The zero-order valence-corrected chi connectivity index (χ0v) is 15.8. The topological polar surface area (TPSA) is 79.3 Å². The monoisotopic (exact) mass is 364 g/mol. The van der Waals surface area contributed by atoms with Crippen molar-refractivity contribution in [1.29, 1.82) is 5.41 Å². The molecule has 5 heteroatoms. The molecule has 2 N–H and O–H groups in total. The number of nitrogens with one attached hydrogen (secondary N) is 2. The van der Waals surface area contributed by atoms with Gasteiger partial charge >= 0.3 is 6.09 Å². The Balaban J connectivity index is 1.72. The molecule has 0 spiro atoms. The van der Waals surface area contributed by atoms with Gasteiger partial charge in [-0.2, -0.15) is 0 Å². The van der Waals surface area contributed by atoms with Crippen LogP contribution in [0.5, 0.6) is 0 Å². The van der Waals surface area contributed by atoms with Crippen molar-refractivity contribution < 1.29 is 14.3 Å². The van der Waals surface area contributed by atoms with Crippen LogP contribution >= 0.6 is 0 Å². The Morgan fingerprint density at radius 2 is 1.56 bits per heavy atom. The van der Waals surface area contributed by atoms with E-state index < -0.39 is 17.9 Å². The number of alkyl carbamates (subject to hydrolysis) is 1. The molecule has 3 rings (SSSR count). The first-order chi connectivity index (χ1) is 12.9. The first kappa shape index (κ1) is 18.8. The molecule has 0 aromatic heterocycles. The number of amides is 1. The zero-order chi connectivity index (χ0) is 19.6. The molecule has 2 aromatic rings. The lowest BCUT2D eigenvalue weighted by molar-refractivity contribution is -0.115. The van der Waals surface area contributed by atoms with Gasteiger partial charge in [-0.25, -0.2) is 4.79 Å². The van der Waals surface area contributed by atoms with Crippen LogP contribution in [-0.2, 0) is 9.53 Å². The van der Waals surface area contributed by atoms with Crippen molar-refractivity contribution in [2.24, 2.45) is 5.92 Å². The highest BCUT2D eigenvalue weighted by molar-refractivity contribution is 6.39. The SMILES string of the molecule is CC(=N)C(=O)C(NC(=O)OCC1c2ccccc2-c2ccccc21)C(C)C. The molecule has 0 aliphatic heterocycles. The molecule has 2 aromatic carbocycles. The summed E-state index contributed by atoms with van der Waals surface area (Å²) in [5.74, 6) is -0.544. The lowest BCUT2D eigenvalue weighted by Crippen LogP contribution is -2.47. The quantitative estimate of drug-likeness (QED) is 0.756. The number of rotatable bonds is 6. The molecule has 0 bridgehead atoms. The lowest BCUT2D eigenvalue weighted by Gasteiger charge is -2.21. The Morgan fingerprint density at radius 1 is 1.04 bits per heavy atom. The first-order valence-corrected chi connectivity index (χ1v) is 9.11. The number of ketones is 1. The average Bonchev–Trinajstić information content (AvgIpc) is 2.97. The van der Waals surface area contributed by atoms with Gasteiger partial charge in [0.2, 0.25) is 0 Å². The summed E-state index contributed by atoms with van der Waals surface area (Å²) in [6.45, 7) is 5.28. The van der Waals surface area contributed by atoms with Crippen molar-refractivity contribution in [3.63, 3.8) is 0 Å². The lowest BCUT2D eigenvalue weighted by atomic mass is 9.97. The van der Waals surface area contributed by atoms with Gasteiger partial charge in [0, 0.05) is 5.92 Å². The minimum Gasteiger partial charge on any atom is -0.449 e. The molecule has 1 aliphatic rings. The number of benzene rings is 2. The van der Waals surface area contributed by atoms with Crippen LogP contribution in [0.15, 0.2) is 48.5 Å². The molecular formula is C22H24N2O3. The van der Waals surface area contributed by atoms with Gasteiger partial charge in [0.25, 0.3) is 0 Å². The fourth-order valence-electron chi connectivity index (χ4n) is 3.54. The molecule has 27 heavy (non-hydrogen) atoms. The van der Waals surface area contributed by atoms with Crippen molar-refractivity contribution in [1.82, 2.24) is 5.32 Å². The van der Waals surface area contributed by atoms with Crippen LogP contribution in [-0.4, -0.2) is 30.2 Å². The molecule has 0 fully saturated rings. The number of carbonyl (C=O) groups excluding carboxylic acids is 2. The molecular weight excluding hydrogens is 340 g/mol. The molecule has 0 saturated carbocycles. The molecule has 1 atom stereocenters. The normalized spacial score (nSPS) is 13.6. The summed E-state index contributed by atoms with van der Waals surface area (Å²) < 4.78 is 5.48. The summed E-state index contributed by atoms with van der Waals surface area (Å²) in [6.07, 6.45) is -0.634. The summed E-state index contributed by atoms with van der Waals surface area (Å²) in [7, 11) is 0. The maximum absolute atomic E-state index is 12.3. The highest BCUT2D eigenvalue weighted by Gasteiger charge is 2.30. The van der Waals surface area contributed by atoms with Gasteiger partial charge in [-0.3, -0.25) is 4.79 Å². The largest absolute Gasteiger partial charge is 0.449 e. The number of carbonyl (C=O) groups is 2. The highest BCUT2D eigenvalue weighted by Crippen LogP contribution is 2.44. The maximum atomic E-state index is 12.3. The van der Waals surface area contributed by atoms with Crippen molar-refractivity contribution >= 4 is 17.6 Å². The Hall–Kier alpha value is -2.95. The maximum Gasteiger partial charge on any atom is 0.407 e. The smallest absolute Gasteiger partial charge is 0.407 e. The summed E-state index contributed by atoms with van der Waals surface area (Å²) >= 11 is 0. The van der Waals surface area contributed by atoms with Crippen LogP contribution < -0.4 is 5.32 Å². The van der Waals surface area contributed by atoms with Gasteiger partial charge in [-0.15, -0.1) is 0 Å². The third-order valence-corrected chi connectivity index (χ3v) is 4.94. The summed E-state index contributed by atoms with van der Waals surface area (Å²) in [4.78, 5) is 24.4. The van der Waals surface area contributed by atoms with Crippen molar-refractivity contribution in [2.45, 2.75) is 32.7 Å². The van der Waals surface area contributed by atoms with Crippen LogP contribution in [0.1, 0.15) is 37.8 Å². The van der Waals surface area contributed by atoms with Gasteiger partial charge in [0.1, 0.15) is 6.61 Å². The molecule has 5 nitrogen and oxygen atoms in total. The average molecular weight is 364 g/mol. The third kappa shape index (κ3) is 3.77. The van der Waals surface area contributed by atoms with Crippen molar-refractivity contribution in [3.8, 4) is 11.1 Å². The van der Waals surface area contributed by atoms with Gasteiger partial charge in [-0.05, 0) is 35.1 Å². The van der Waals surface area contributed by atoms with E-state index in [4.69, 9.17) is 10.1 Å². The molecule has 0 heterocycles. The standard InChI is InChI=1S/C22H24N2O3/c1-13(2)20(21(25)14(3)23)24-22(26)27-12-19-17-10-6-4-8-15(17)16-9-5-7-11-18(16)19/h4-11,13,19-20,23H,12H2,1-3H3,(H,24,26). The molecule has 1 unspecified atom stereocenters. The summed E-state index contributed by atoms with van der Waals surface area (Å²) in [6, 6.07) is 15.5. The van der Waals surface area contributed by atoms with Crippen LogP contribution in [0, 0.1) is 11.3 Å². The van der Waals surface area contributed by atoms with E-state index in [-0.39, 0.29) is 24.2 Å². The molecule has 140 valence electrons. The van der Waals surface area contributed by atoms with Gasteiger partial charge in [0.05, 0.1) is 11.8 Å². The van der Waals surface area contributed by atoms with Crippen molar-refractivity contribution in [3.05, 3.63) is 59.7 Å². The number of hydrogen-bond donors (Lipinski definition) is 2. The summed E-state index contributed by atoms with van der Waals surface area (Å²) in [5, 5.41) is 10.1. The predicted octanol–water partition coefficient (Wildman–Crippen LogP) is 4.16. The second kappa shape index (κ2) is 7.74. The Labute approximate surface area is 159 Å². The number of ether oxygens (including phenoxy) is 1. The van der Waals surface area contributed by atoms with Crippen LogP contribution in [0.4, 0.5) is 4.79 Å². The Kier molecular flexibility index (Phi) is 5.40. The van der Waals surface area contributed by atoms with E-state index in [1.165, 1.54) is 6.92 Å². The Morgan fingerprint density at radius 3 is 2.04 bits per heavy atom. The Bertz CT molecular complexity index is 843. The second-order valence-corrected chi connectivity index (χ2v) is 7.18. The van der Waals surface area contributed by atoms with Crippen LogP contribution in [0.2, 0.25) is 0 Å². The third-order valence-electron chi connectivity index (χ3n) is 4.94. The number of hydrogen-bond acceptors (Lipinski definition) is 4. The molecule has 0 saturated heterocycles. The molecule has 1 amide bonds. The first-order valence-electron chi connectivity index (χ1n) is 9.11. The molecule has 0 radical (unpaired) electrons. The summed E-state index contributed by atoms with van der Waals surface area (Å²) in [5.41, 5.74) is 4.53. The fraction of sp³-hybridized carbons (Fsp3) is 0.318. The van der Waals surface area contributed by atoms with Gasteiger partial charge in [-0.1, -0.05) is 62.4 Å². The second-order valence-electron chi connectivity index (χ2n) is 7.18. The molecule has 1 aliphatic carbocycles. The van der Waals surface area contributed by atoms with Crippen LogP contribution in [0.25, 0.3) is 11.1 Å². The van der Waals surface area contributed by atoms with E-state index in [0.717, 1.165) is 22.3 Å². The minimum atomic E-state index is -0.752. The predicted molar refractivity (Wildman–Crippen MR) is 105 cm³/mol. The van der Waals surface area contributed by atoms with Gasteiger partial charge < -0.3 is 15.5 Å². The fourth-order valence-corrected chi connectivity index (χ4v) is 3.54. The van der Waals surface area contributed by atoms with E-state index in [1.807, 2.05) is 38.1 Å². The minimum absolute atomic E-state index is 0.0270. The van der Waals surface area contributed by atoms with Gasteiger partial charge in [0.15, 0.2) is 5.78 Å². The highest BCUT2D eigenvalue weighted by atomic mass is 16.5. The van der Waals surface area contributed by atoms with E-state index >= 15 is 0 Å². The van der Waals surface area contributed by atoms with E-state index in [9.17, 15) is 9.59 Å². The number of fused-ring (bicyclic) bond motifs is 3. The van der Waals surface area contributed by atoms with Crippen molar-refractivity contribution in [2.75, 3.05) is 6.61 Å². The number of Topliss-reactive ketones (excluding diaryl/α,β-unsaturated/α-hetero) is 1. The van der Waals surface area contributed by atoms with E-state index in [0.29, 0.717) is 0 Å². The van der Waals surface area contributed by atoms with Crippen LogP contribution in [0.3, 0.4) is 0 Å². The van der Waals surface area contributed by atoms with E-state index in [2.05, 4.69) is 29.6 Å². The zero-order valence-electron chi connectivity index (χ0n) is 15.8. The van der Waals surface area contributed by atoms with E-state index in [1.54, 1.807) is 0 Å².